The third-order valence-electron chi connectivity index (χ3n) is 3.86. The Morgan fingerprint density at radius 1 is 1.45 bits per heavy atom. The first-order valence-corrected chi connectivity index (χ1v) is 7.34. The molecule has 2 rings (SSSR count). The van der Waals surface area contributed by atoms with Crippen molar-refractivity contribution in [3.63, 3.8) is 0 Å². The lowest BCUT2D eigenvalue weighted by Crippen LogP contribution is -2.33. The smallest absolute Gasteiger partial charge is 0.223 e. The predicted octanol–water partition coefficient (Wildman–Crippen LogP) is 2.69. The van der Waals surface area contributed by atoms with Gasteiger partial charge in [0.05, 0.1) is 0 Å². The van der Waals surface area contributed by atoms with Crippen LogP contribution < -0.4 is 5.73 Å². The van der Waals surface area contributed by atoms with Gasteiger partial charge in [-0.3, -0.25) is 4.79 Å². The van der Waals surface area contributed by atoms with E-state index in [0.29, 0.717) is 37.0 Å². The van der Waals surface area contributed by atoms with E-state index in [4.69, 9.17) is 5.73 Å². The van der Waals surface area contributed by atoms with Gasteiger partial charge in [0.1, 0.15) is 5.82 Å². The Balaban J connectivity index is 1.97. The molecule has 1 aliphatic carbocycles. The van der Waals surface area contributed by atoms with E-state index >= 15 is 0 Å². The number of nitrogens with zero attached hydrogens (tertiary/aromatic N) is 1. The van der Waals surface area contributed by atoms with Gasteiger partial charge in [-0.1, -0.05) is 25.1 Å². The Kier molecular flexibility index (Phi) is 5.12. The summed E-state index contributed by atoms with van der Waals surface area (Å²) in [6.45, 7) is 3.03. The van der Waals surface area contributed by atoms with Crippen LogP contribution in [0.25, 0.3) is 0 Å². The van der Waals surface area contributed by atoms with Gasteiger partial charge in [-0.15, -0.1) is 0 Å². The van der Waals surface area contributed by atoms with Crippen LogP contribution in [-0.2, 0) is 11.3 Å². The number of halogens is 1. The van der Waals surface area contributed by atoms with Crippen molar-refractivity contribution in [2.75, 3.05) is 6.54 Å². The Morgan fingerprint density at radius 2 is 2.15 bits per heavy atom. The van der Waals surface area contributed by atoms with Gasteiger partial charge in [-0.2, -0.15) is 0 Å². The molecule has 0 heterocycles. The molecule has 2 N–H and O–H groups in total. The summed E-state index contributed by atoms with van der Waals surface area (Å²) < 4.78 is 13.7. The summed E-state index contributed by atoms with van der Waals surface area (Å²) in [5, 5.41) is 0. The monoisotopic (exact) mass is 278 g/mol. The average molecular weight is 278 g/mol. The molecule has 1 atom stereocenters. The highest BCUT2D eigenvalue weighted by atomic mass is 19.1. The first-order valence-electron chi connectivity index (χ1n) is 7.34. The summed E-state index contributed by atoms with van der Waals surface area (Å²) in [6, 6.07) is 6.98. The molecule has 0 bridgehead atoms. The molecule has 1 aromatic carbocycles. The van der Waals surface area contributed by atoms with E-state index in [1.165, 1.54) is 6.07 Å². The van der Waals surface area contributed by atoms with Crippen molar-refractivity contribution in [3.8, 4) is 0 Å². The number of carbonyl (C=O) groups excluding carboxylic acids is 1. The molecule has 20 heavy (non-hydrogen) atoms. The third-order valence-corrected chi connectivity index (χ3v) is 3.86. The molecule has 1 fully saturated rings. The van der Waals surface area contributed by atoms with Crippen LogP contribution in [0.2, 0.25) is 0 Å². The standard InChI is InChI=1S/C16H23FN2O/c1-12(10-18)6-9-16(20)19(14-7-8-14)11-13-4-2-3-5-15(13)17/h2-5,12,14H,6-11,18H2,1H3. The van der Waals surface area contributed by atoms with E-state index in [2.05, 4.69) is 0 Å². The van der Waals surface area contributed by atoms with E-state index in [-0.39, 0.29) is 11.7 Å². The molecule has 0 radical (unpaired) electrons. The number of benzene rings is 1. The molecule has 110 valence electrons. The highest BCUT2D eigenvalue weighted by molar-refractivity contribution is 5.76. The highest BCUT2D eigenvalue weighted by Gasteiger charge is 2.32. The van der Waals surface area contributed by atoms with Crippen LogP contribution in [0.5, 0.6) is 0 Å². The van der Waals surface area contributed by atoms with Crippen LogP contribution in [0.1, 0.15) is 38.2 Å². The van der Waals surface area contributed by atoms with Gasteiger partial charge >= 0.3 is 0 Å². The Bertz CT molecular complexity index is 460. The van der Waals surface area contributed by atoms with Crippen molar-refractivity contribution in [1.82, 2.24) is 4.90 Å². The zero-order valence-corrected chi connectivity index (χ0v) is 12.0. The lowest BCUT2D eigenvalue weighted by Gasteiger charge is -2.23. The third kappa shape index (κ3) is 4.04. The van der Waals surface area contributed by atoms with Crippen molar-refractivity contribution >= 4 is 5.91 Å². The topological polar surface area (TPSA) is 46.3 Å². The maximum Gasteiger partial charge on any atom is 0.223 e. The second-order valence-corrected chi connectivity index (χ2v) is 5.72. The number of nitrogens with two attached hydrogens (primary N) is 1. The largest absolute Gasteiger partial charge is 0.335 e. The highest BCUT2D eigenvalue weighted by Crippen LogP contribution is 2.29. The van der Waals surface area contributed by atoms with Crippen molar-refractivity contribution in [1.29, 1.82) is 0 Å². The van der Waals surface area contributed by atoms with Gasteiger partial charge < -0.3 is 10.6 Å². The second kappa shape index (κ2) is 6.84. The number of hydrogen-bond donors (Lipinski definition) is 1. The lowest BCUT2D eigenvalue weighted by atomic mass is 10.1. The minimum absolute atomic E-state index is 0.121. The summed E-state index contributed by atoms with van der Waals surface area (Å²) >= 11 is 0. The fourth-order valence-corrected chi connectivity index (χ4v) is 2.25. The molecule has 0 aromatic heterocycles. The van der Waals surface area contributed by atoms with Crippen LogP contribution in [0.4, 0.5) is 4.39 Å². The first kappa shape index (κ1) is 15.0. The fourth-order valence-electron chi connectivity index (χ4n) is 2.25. The molecule has 0 saturated heterocycles. The van der Waals surface area contributed by atoms with E-state index in [1.54, 1.807) is 12.1 Å². The minimum atomic E-state index is -0.235. The number of amides is 1. The molecule has 1 unspecified atom stereocenters. The van der Waals surface area contributed by atoms with Crippen LogP contribution in [0.15, 0.2) is 24.3 Å². The number of rotatable bonds is 7. The minimum Gasteiger partial charge on any atom is -0.335 e. The van der Waals surface area contributed by atoms with Gasteiger partial charge in [-0.05, 0) is 37.8 Å². The van der Waals surface area contributed by atoms with Gasteiger partial charge in [0.25, 0.3) is 0 Å². The maximum atomic E-state index is 13.7. The molecule has 1 aliphatic rings. The maximum absolute atomic E-state index is 13.7. The van der Waals surface area contributed by atoms with Gasteiger partial charge in [-0.25, -0.2) is 4.39 Å². The lowest BCUT2D eigenvalue weighted by molar-refractivity contribution is -0.132. The average Bonchev–Trinajstić information content (AvgIpc) is 3.28. The molecular weight excluding hydrogens is 255 g/mol. The first-order chi connectivity index (χ1) is 9.61. The summed E-state index contributed by atoms with van der Waals surface area (Å²) in [7, 11) is 0. The molecule has 1 saturated carbocycles. The van der Waals surface area contributed by atoms with Crippen molar-refractivity contribution < 1.29 is 9.18 Å². The van der Waals surface area contributed by atoms with Crippen LogP contribution in [0.3, 0.4) is 0 Å². The predicted molar refractivity (Wildman–Crippen MR) is 77.4 cm³/mol. The van der Waals surface area contributed by atoms with Crippen LogP contribution >= 0.6 is 0 Å². The summed E-state index contributed by atoms with van der Waals surface area (Å²) in [5.74, 6) is 0.241. The van der Waals surface area contributed by atoms with Gasteiger partial charge in [0.2, 0.25) is 5.91 Å². The quantitative estimate of drug-likeness (QED) is 0.833. The fraction of sp³-hybridized carbons (Fsp3) is 0.562. The summed E-state index contributed by atoms with van der Waals surface area (Å²) in [5.41, 5.74) is 6.17. The zero-order valence-electron chi connectivity index (χ0n) is 12.0. The SMILES string of the molecule is CC(CN)CCC(=O)N(Cc1ccccc1F)C1CC1. The van der Waals surface area contributed by atoms with E-state index in [1.807, 2.05) is 17.9 Å². The zero-order chi connectivity index (χ0) is 14.5. The molecule has 0 aliphatic heterocycles. The normalized spacial score (nSPS) is 15.9. The van der Waals surface area contributed by atoms with Gasteiger partial charge in [0, 0.05) is 24.6 Å². The van der Waals surface area contributed by atoms with Crippen molar-refractivity contribution in [3.05, 3.63) is 35.6 Å². The Morgan fingerprint density at radius 3 is 2.75 bits per heavy atom. The molecule has 1 aromatic rings. The van der Waals surface area contributed by atoms with Crippen LogP contribution in [-0.4, -0.2) is 23.4 Å². The molecule has 3 nitrogen and oxygen atoms in total. The molecular formula is C16H23FN2O. The molecule has 0 spiro atoms. The number of hydrogen-bond acceptors (Lipinski definition) is 2. The van der Waals surface area contributed by atoms with E-state index < -0.39 is 0 Å². The van der Waals surface area contributed by atoms with E-state index in [0.717, 1.165) is 19.3 Å². The van der Waals surface area contributed by atoms with Crippen molar-refractivity contribution in [2.45, 2.75) is 45.2 Å². The number of carbonyl (C=O) groups is 1. The Hall–Kier alpha value is -1.42. The molecule has 1 amide bonds. The second-order valence-electron chi connectivity index (χ2n) is 5.72. The van der Waals surface area contributed by atoms with Crippen molar-refractivity contribution in [2.24, 2.45) is 11.7 Å². The van der Waals surface area contributed by atoms with E-state index in [9.17, 15) is 9.18 Å². The summed E-state index contributed by atoms with van der Waals surface area (Å²) in [6.07, 6.45) is 3.37. The molecule has 4 heteroatoms. The summed E-state index contributed by atoms with van der Waals surface area (Å²) in [4.78, 5) is 14.2. The Labute approximate surface area is 120 Å². The van der Waals surface area contributed by atoms with Gasteiger partial charge in [0.15, 0.2) is 0 Å². The van der Waals surface area contributed by atoms with Crippen LogP contribution in [0, 0.1) is 11.7 Å².